The minimum atomic E-state index is -4.49. The van der Waals surface area contributed by atoms with Crippen LogP contribution in [-0.2, 0) is 27.0 Å². The highest BCUT2D eigenvalue weighted by Crippen LogP contribution is 2.29. The van der Waals surface area contributed by atoms with Gasteiger partial charge in [-0.3, -0.25) is 9.59 Å². The predicted octanol–water partition coefficient (Wildman–Crippen LogP) is 3.47. The van der Waals surface area contributed by atoms with E-state index in [0.717, 1.165) is 17.7 Å². The smallest absolute Gasteiger partial charge is 0.416 e. The SMILES string of the molecule is C[C@@H](NC(=O)CCC(=O)N[C@@H](Cc1ccc(C(F)(F)F)cc1)C(=O)O)c1ccccc1. The number of carbonyl (C=O) groups excluding carboxylic acids is 2. The molecule has 0 aliphatic carbocycles. The summed E-state index contributed by atoms with van der Waals surface area (Å²) < 4.78 is 37.9. The van der Waals surface area contributed by atoms with E-state index in [1.54, 1.807) is 6.92 Å². The number of benzene rings is 2. The molecule has 0 saturated carbocycles. The molecule has 2 aromatic carbocycles. The zero-order valence-corrected chi connectivity index (χ0v) is 16.8. The van der Waals surface area contributed by atoms with Gasteiger partial charge in [-0.05, 0) is 30.2 Å². The molecular formula is C22H23F3N2O4. The fourth-order valence-corrected chi connectivity index (χ4v) is 2.90. The summed E-state index contributed by atoms with van der Waals surface area (Å²) in [4.78, 5) is 35.6. The van der Waals surface area contributed by atoms with Crippen LogP contribution in [0.4, 0.5) is 13.2 Å². The number of nitrogens with one attached hydrogen (secondary N) is 2. The van der Waals surface area contributed by atoms with Gasteiger partial charge in [0.2, 0.25) is 11.8 Å². The number of hydrogen-bond acceptors (Lipinski definition) is 3. The summed E-state index contributed by atoms with van der Waals surface area (Å²) in [6, 6.07) is 11.7. The zero-order chi connectivity index (χ0) is 23.0. The first-order valence-electron chi connectivity index (χ1n) is 9.59. The summed E-state index contributed by atoms with van der Waals surface area (Å²) in [5.41, 5.74) is 0.390. The lowest BCUT2D eigenvalue weighted by atomic mass is 10.0. The molecule has 0 heterocycles. The third-order valence-corrected chi connectivity index (χ3v) is 4.61. The minimum Gasteiger partial charge on any atom is -0.480 e. The first-order chi connectivity index (χ1) is 14.6. The second-order valence-corrected chi connectivity index (χ2v) is 7.06. The number of amides is 2. The molecule has 31 heavy (non-hydrogen) atoms. The summed E-state index contributed by atoms with van der Waals surface area (Å²) in [5.74, 6) is -2.32. The molecule has 0 radical (unpaired) electrons. The Morgan fingerprint density at radius 1 is 0.903 bits per heavy atom. The van der Waals surface area contributed by atoms with E-state index in [1.165, 1.54) is 12.1 Å². The molecule has 0 aliphatic rings. The van der Waals surface area contributed by atoms with Crippen LogP contribution in [0.2, 0.25) is 0 Å². The average Bonchev–Trinajstić information content (AvgIpc) is 2.72. The number of hydrogen-bond donors (Lipinski definition) is 3. The number of carboxylic acid groups (broad SMARTS) is 1. The van der Waals surface area contributed by atoms with Gasteiger partial charge in [-0.1, -0.05) is 42.5 Å². The normalized spacial score (nSPS) is 13.2. The third kappa shape index (κ3) is 7.76. The lowest BCUT2D eigenvalue weighted by Gasteiger charge is -2.16. The van der Waals surface area contributed by atoms with E-state index in [1.807, 2.05) is 30.3 Å². The number of halogens is 3. The highest BCUT2D eigenvalue weighted by molar-refractivity contribution is 5.87. The maximum absolute atomic E-state index is 12.6. The van der Waals surface area contributed by atoms with Gasteiger partial charge in [0.25, 0.3) is 0 Å². The van der Waals surface area contributed by atoms with Crippen molar-refractivity contribution in [1.29, 1.82) is 0 Å². The highest BCUT2D eigenvalue weighted by Gasteiger charge is 2.30. The summed E-state index contributed by atoms with van der Waals surface area (Å²) in [7, 11) is 0. The first kappa shape index (κ1) is 23.9. The molecule has 0 aromatic heterocycles. The van der Waals surface area contributed by atoms with E-state index in [0.29, 0.717) is 5.56 Å². The predicted molar refractivity (Wildman–Crippen MR) is 107 cm³/mol. The number of alkyl halides is 3. The van der Waals surface area contributed by atoms with Crippen LogP contribution in [0, 0.1) is 0 Å². The fraction of sp³-hybridized carbons (Fsp3) is 0.318. The van der Waals surface area contributed by atoms with Crippen LogP contribution in [-0.4, -0.2) is 28.9 Å². The summed E-state index contributed by atoms with van der Waals surface area (Å²) >= 11 is 0. The lowest BCUT2D eigenvalue weighted by Crippen LogP contribution is -2.42. The van der Waals surface area contributed by atoms with Gasteiger partial charge in [0.15, 0.2) is 0 Å². The van der Waals surface area contributed by atoms with Crippen LogP contribution in [0.25, 0.3) is 0 Å². The maximum atomic E-state index is 12.6. The quantitative estimate of drug-likeness (QED) is 0.561. The largest absolute Gasteiger partial charge is 0.480 e. The number of aliphatic carboxylic acids is 1. The molecule has 9 heteroatoms. The lowest BCUT2D eigenvalue weighted by molar-refractivity contribution is -0.142. The number of carboxylic acids is 1. The van der Waals surface area contributed by atoms with Crippen molar-refractivity contribution in [2.45, 2.75) is 44.4 Å². The summed E-state index contributed by atoms with van der Waals surface area (Å²) in [5, 5.41) is 14.4. The molecule has 2 rings (SSSR count). The molecule has 0 fully saturated rings. The van der Waals surface area contributed by atoms with Crippen molar-refractivity contribution >= 4 is 17.8 Å². The second-order valence-electron chi connectivity index (χ2n) is 7.06. The van der Waals surface area contributed by atoms with Crippen molar-refractivity contribution in [3.63, 3.8) is 0 Å². The van der Waals surface area contributed by atoms with Crippen LogP contribution in [0.1, 0.15) is 42.5 Å². The van der Waals surface area contributed by atoms with Crippen molar-refractivity contribution in [1.82, 2.24) is 10.6 Å². The van der Waals surface area contributed by atoms with Gasteiger partial charge in [-0.15, -0.1) is 0 Å². The molecule has 6 nitrogen and oxygen atoms in total. The Morgan fingerprint density at radius 2 is 1.45 bits per heavy atom. The van der Waals surface area contributed by atoms with E-state index in [9.17, 15) is 32.7 Å². The van der Waals surface area contributed by atoms with E-state index in [2.05, 4.69) is 10.6 Å². The monoisotopic (exact) mass is 436 g/mol. The molecule has 0 aliphatic heterocycles. The summed E-state index contributed by atoms with van der Waals surface area (Å²) in [6.45, 7) is 1.80. The third-order valence-electron chi connectivity index (χ3n) is 4.61. The van der Waals surface area contributed by atoms with Crippen LogP contribution < -0.4 is 10.6 Å². The Kier molecular flexibility index (Phi) is 8.18. The van der Waals surface area contributed by atoms with Crippen molar-refractivity contribution < 1.29 is 32.7 Å². The van der Waals surface area contributed by atoms with Crippen molar-refractivity contribution in [2.75, 3.05) is 0 Å². The Balaban J connectivity index is 1.85. The van der Waals surface area contributed by atoms with Crippen LogP contribution >= 0.6 is 0 Å². The topological polar surface area (TPSA) is 95.5 Å². The van der Waals surface area contributed by atoms with Gasteiger partial charge < -0.3 is 15.7 Å². The van der Waals surface area contributed by atoms with E-state index in [-0.39, 0.29) is 31.2 Å². The van der Waals surface area contributed by atoms with Crippen LogP contribution in [0.15, 0.2) is 54.6 Å². The Labute approximate surface area is 177 Å². The van der Waals surface area contributed by atoms with Gasteiger partial charge in [-0.25, -0.2) is 4.79 Å². The van der Waals surface area contributed by atoms with E-state index < -0.39 is 29.7 Å². The molecule has 0 spiro atoms. The fourth-order valence-electron chi connectivity index (χ4n) is 2.90. The maximum Gasteiger partial charge on any atom is 0.416 e. The van der Waals surface area contributed by atoms with Crippen molar-refractivity contribution in [3.8, 4) is 0 Å². The van der Waals surface area contributed by atoms with E-state index in [4.69, 9.17) is 0 Å². The zero-order valence-electron chi connectivity index (χ0n) is 16.8. The molecule has 2 aromatic rings. The van der Waals surface area contributed by atoms with Gasteiger partial charge in [0.1, 0.15) is 6.04 Å². The minimum absolute atomic E-state index is 0.129. The van der Waals surface area contributed by atoms with Gasteiger partial charge in [0.05, 0.1) is 11.6 Å². The second kappa shape index (κ2) is 10.6. The van der Waals surface area contributed by atoms with Gasteiger partial charge >= 0.3 is 12.1 Å². The molecule has 2 amide bonds. The molecule has 0 bridgehead atoms. The molecule has 0 saturated heterocycles. The van der Waals surface area contributed by atoms with Gasteiger partial charge in [0, 0.05) is 19.3 Å². The van der Waals surface area contributed by atoms with Crippen LogP contribution in [0.3, 0.4) is 0 Å². The number of rotatable bonds is 9. The first-order valence-corrected chi connectivity index (χ1v) is 9.59. The summed E-state index contributed by atoms with van der Waals surface area (Å²) in [6.07, 6.45) is -5.02. The Hall–Kier alpha value is -3.36. The molecule has 0 unspecified atom stereocenters. The average molecular weight is 436 g/mol. The molecule has 2 atom stereocenters. The molecule has 166 valence electrons. The van der Waals surface area contributed by atoms with Gasteiger partial charge in [-0.2, -0.15) is 13.2 Å². The Bertz CT molecular complexity index is 899. The molecule has 3 N–H and O–H groups in total. The highest BCUT2D eigenvalue weighted by atomic mass is 19.4. The van der Waals surface area contributed by atoms with Crippen molar-refractivity contribution in [2.24, 2.45) is 0 Å². The standard InChI is InChI=1S/C22H23F3N2O4/c1-14(16-5-3-2-4-6-16)26-19(28)11-12-20(29)27-18(21(30)31)13-15-7-9-17(10-8-15)22(23,24)25/h2-10,14,18H,11-13H2,1H3,(H,26,28)(H,27,29)(H,30,31)/t14-,18+/m1/s1. The Morgan fingerprint density at radius 3 is 1.97 bits per heavy atom. The van der Waals surface area contributed by atoms with E-state index >= 15 is 0 Å². The number of carbonyl (C=O) groups is 3. The van der Waals surface area contributed by atoms with Crippen LogP contribution in [0.5, 0.6) is 0 Å². The van der Waals surface area contributed by atoms with Crippen molar-refractivity contribution in [3.05, 3.63) is 71.3 Å². The molecular weight excluding hydrogens is 413 g/mol.